The van der Waals surface area contributed by atoms with Crippen LogP contribution in [0.25, 0.3) is 10.9 Å². The first-order valence-electron chi connectivity index (χ1n) is 11.1. The van der Waals surface area contributed by atoms with Gasteiger partial charge in [0, 0.05) is 33.9 Å². The molecule has 1 saturated carbocycles. The quantitative estimate of drug-likeness (QED) is 0.387. The van der Waals surface area contributed by atoms with Gasteiger partial charge >= 0.3 is 12.4 Å². The molecule has 1 fully saturated rings. The first kappa shape index (κ1) is 26.1. The topological polar surface area (TPSA) is 71.8 Å². The smallest absolute Gasteiger partial charge is 0.382 e. The number of anilines is 1. The maximum Gasteiger partial charge on any atom is 0.433 e. The molecule has 2 heterocycles. The van der Waals surface area contributed by atoms with Crippen LogP contribution in [-0.4, -0.2) is 38.9 Å². The van der Waals surface area contributed by atoms with E-state index in [0.717, 1.165) is 16.9 Å². The first-order valence-corrected chi connectivity index (χ1v) is 11.5. The van der Waals surface area contributed by atoms with Crippen LogP contribution in [0.2, 0.25) is 5.02 Å². The van der Waals surface area contributed by atoms with E-state index in [0.29, 0.717) is 36.1 Å². The monoisotopic (exact) mass is 533 g/mol. The molecule has 2 aromatic heterocycles. The maximum absolute atomic E-state index is 13.4. The van der Waals surface area contributed by atoms with Crippen molar-refractivity contribution in [1.82, 2.24) is 20.1 Å². The lowest BCUT2D eigenvalue weighted by molar-refractivity contribution is -0.143. The second kappa shape index (κ2) is 9.79. The molecule has 0 aliphatic heterocycles. The number of benzene rings is 1. The van der Waals surface area contributed by atoms with Gasteiger partial charge in [-0.2, -0.15) is 31.4 Å². The van der Waals surface area contributed by atoms with Gasteiger partial charge in [0.25, 0.3) is 5.91 Å². The van der Waals surface area contributed by atoms with Crippen LogP contribution in [0.3, 0.4) is 0 Å². The molecule has 1 aliphatic rings. The second-order valence-corrected chi connectivity index (χ2v) is 9.25. The van der Waals surface area contributed by atoms with Crippen molar-refractivity contribution in [2.75, 3.05) is 5.32 Å². The summed E-state index contributed by atoms with van der Waals surface area (Å²) < 4.78 is 79.0. The van der Waals surface area contributed by atoms with Gasteiger partial charge in [-0.1, -0.05) is 11.6 Å². The number of nitrogens with one attached hydrogen (secondary N) is 2. The summed E-state index contributed by atoms with van der Waals surface area (Å²) in [6.45, 7) is 0.0855. The molecular weight excluding hydrogens is 512 g/mol. The molecule has 0 radical (unpaired) electrons. The molecule has 0 saturated heterocycles. The van der Waals surface area contributed by atoms with E-state index < -0.39 is 30.5 Å². The molecule has 0 bridgehead atoms. The number of rotatable bonds is 5. The van der Waals surface area contributed by atoms with E-state index in [4.69, 9.17) is 11.6 Å². The van der Waals surface area contributed by atoms with E-state index in [1.165, 1.54) is 25.1 Å². The van der Waals surface area contributed by atoms with Crippen molar-refractivity contribution in [3.63, 3.8) is 0 Å². The van der Waals surface area contributed by atoms with Crippen LogP contribution in [-0.2, 0) is 12.7 Å². The Morgan fingerprint density at radius 2 is 1.86 bits per heavy atom. The predicted octanol–water partition coefficient (Wildman–Crippen LogP) is 6.13. The highest BCUT2D eigenvalue weighted by Gasteiger charge is 2.34. The number of carbonyl (C=O) groups excluding carboxylic acids is 1. The van der Waals surface area contributed by atoms with Gasteiger partial charge in [0.15, 0.2) is 0 Å². The summed E-state index contributed by atoms with van der Waals surface area (Å²) in [6.07, 6.45) is -5.64. The molecule has 2 N–H and O–H groups in total. The Labute approximate surface area is 207 Å². The second-order valence-electron chi connectivity index (χ2n) is 8.81. The Kier molecular flexibility index (Phi) is 7.09. The summed E-state index contributed by atoms with van der Waals surface area (Å²) in [5, 5.41) is 10.4. The third-order valence-corrected chi connectivity index (χ3v) is 6.34. The third kappa shape index (κ3) is 6.03. The van der Waals surface area contributed by atoms with E-state index in [-0.39, 0.29) is 34.5 Å². The SMILES string of the molecule is Cc1c(C(=O)N[C@@H]2CCC[C@H](Nc3cc(C(F)(F)F)nc4ccc(Cl)cc34)C2)cnn1CC(F)(F)F. The molecule has 194 valence electrons. The van der Waals surface area contributed by atoms with Gasteiger partial charge in [-0.3, -0.25) is 9.48 Å². The lowest BCUT2D eigenvalue weighted by Crippen LogP contribution is -2.42. The van der Waals surface area contributed by atoms with Gasteiger partial charge in [-0.05, 0) is 56.9 Å². The van der Waals surface area contributed by atoms with Crippen LogP contribution >= 0.6 is 11.6 Å². The fraction of sp³-hybridized carbons (Fsp3) is 0.435. The fourth-order valence-electron chi connectivity index (χ4n) is 4.40. The Balaban J connectivity index is 1.49. The van der Waals surface area contributed by atoms with Crippen LogP contribution < -0.4 is 10.6 Å². The lowest BCUT2D eigenvalue weighted by Gasteiger charge is -2.31. The molecule has 6 nitrogen and oxygen atoms in total. The van der Waals surface area contributed by atoms with Crippen molar-refractivity contribution >= 4 is 34.1 Å². The zero-order valence-corrected chi connectivity index (χ0v) is 19.7. The summed E-state index contributed by atoms with van der Waals surface area (Å²) in [6, 6.07) is 4.78. The summed E-state index contributed by atoms with van der Waals surface area (Å²) in [4.78, 5) is 16.4. The summed E-state index contributed by atoms with van der Waals surface area (Å²) in [5.41, 5.74) is -0.527. The van der Waals surface area contributed by atoms with Gasteiger partial charge in [0.2, 0.25) is 0 Å². The third-order valence-electron chi connectivity index (χ3n) is 6.11. The standard InChI is InChI=1S/C23H22ClF6N5O/c1-12-17(10-31-35(12)11-22(25,26)27)21(36)33-15-4-2-3-14(8-15)32-19-9-20(23(28,29)30)34-18-6-5-13(24)7-16(18)19/h5-7,9-10,14-15H,2-4,8,11H2,1H3,(H,32,34)(H,33,36)/t14-,15+/m0/s1. The highest BCUT2D eigenvalue weighted by Crippen LogP contribution is 2.35. The minimum absolute atomic E-state index is 0.0407. The number of carbonyl (C=O) groups is 1. The van der Waals surface area contributed by atoms with E-state index in [9.17, 15) is 31.1 Å². The van der Waals surface area contributed by atoms with Crippen molar-refractivity contribution in [1.29, 1.82) is 0 Å². The number of halogens is 7. The highest BCUT2D eigenvalue weighted by atomic mass is 35.5. The zero-order valence-electron chi connectivity index (χ0n) is 19.0. The van der Waals surface area contributed by atoms with Crippen LogP contribution in [0.15, 0.2) is 30.5 Å². The predicted molar refractivity (Wildman–Crippen MR) is 122 cm³/mol. The minimum atomic E-state index is -4.64. The van der Waals surface area contributed by atoms with Gasteiger partial charge in [-0.25, -0.2) is 4.98 Å². The number of nitrogens with zero attached hydrogens (tertiary/aromatic N) is 3. The molecular formula is C23H22ClF6N5O. The maximum atomic E-state index is 13.4. The van der Waals surface area contributed by atoms with Crippen molar-refractivity contribution in [3.05, 3.63) is 52.4 Å². The number of fused-ring (bicyclic) bond motifs is 1. The van der Waals surface area contributed by atoms with E-state index in [1.807, 2.05) is 0 Å². The molecule has 13 heteroatoms. The molecule has 4 rings (SSSR count). The van der Waals surface area contributed by atoms with Crippen molar-refractivity contribution in [2.24, 2.45) is 0 Å². The lowest BCUT2D eigenvalue weighted by atomic mass is 9.90. The highest BCUT2D eigenvalue weighted by molar-refractivity contribution is 6.31. The minimum Gasteiger partial charge on any atom is -0.382 e. The van der Waals surface area contributed by atoms with Crippen LogP contribution in [0.4, 0.5) is 32.0 Å². The summed E-state index contributed by atoms with van der Waals surface area (Å²) in [7, 11) is 0. The first-order chi connectivity index (χ1) is 16.8. The molecule has 0 spiro atoms. The zero-order chi connectivity index (χ0) is 26.3. The molecule has 36 heavy (non-hydrogen) atoms. The molecule has 0 unspecified atom stereocenters. The van der Waals surface area contributed by atoms with Gasteiger partial charge in [0.1, 0.15) is 12.2 Å². The average Bonchev–Trinajstić information content (AvgIpc) is 3.12. The summed E-state index contributed by atoms with van der Waals surface area (Å²) in [5.74, 6) is -0.549. The average molecular weight is 534 g/mol. The fourth-order valence-corrected chi connectivity index (χ4v) is 4.57. The van der Waals surface area contributed by atoms with Crippen molar-refractivity contribution in [2.45, 2.75) is 63.6 Å². The van der Waals surface area contributed by atoms with Crippen LogP contribution in [0.1, 0.15) is 47.4 Å². The molecule has 1 aromatic carbocycles. The number of hydrogen-bond donors (Lipinski definition) is 2. The Hall–Kier alpha value is -3.02. The van der Waals surface area contributed by atoms with Crippen molar-refractivity contribution in [3.8, 4) is 0 Å². The largest absolute Gasteiger partial charge is 0.433 e. The van der Waals surface area contributed by atoms with Gasteiger partial charge < -0.3 is 10.6 Å². The number of alkyl halides is 6. The van der Waals surface area contributed by atoms with Gasteiger partial charge in [0.05, 0.1) is 17.3 Å². The van der Waals surface area contributed by atoms with Gasteiger partial charge in [-0.15, -0.1) is 0 Å². The molecule has 1 amide bonds. The Bertz CT molecular complexity index is 1270. The normalized spacial score (nSPS) is 18.9. The van der Waals surface area contributed by atoms with E-state index in [2.05, 4.69) is 20.7 Å². The Morgan fingerprint density at radius 1 is 1.14 bits per heavy atom. The molecule has 1 aliphatic carbocycles. The van der Waals surface area contributed by atoms with E-state index in [1.54, 1.807) is 0 Å². The number of aromatic nitrogens is 3. The molecule has 2 atom stereocenters. The van der Waals surface area contributed by atoms with Crippen molar-refractivity contribution < 1.29 is 31.1 Å². The molecule has 3 aromatic rings. The summed E-state index contributed by atoms with van der Waals surface area (Å²) >= 11 is 6.06. The number of amides is 1. The number of hydrogen-bond acceptors (Lipinski definition) is 4. The number of pyridine rings is 1. The van der Waals surface area contributed by atoms with Crippen LogP contribution in [0.5, 0.6) is 0 Å². The Morgan fingerprint density at radius 3 is 2.56 bits per heavy atom. The van der Waals surface area contributed by atoms with E-state index >= 15 is 0 Å². The van der Waals surface area contributed by atoms with Crippen LogP contribution in [0, 0.1) is 6.92 Å².